The fourth-order valence-electron chi connectivity index (χ4n) is 1.64. The van der Waals surface area contributed by atoms with E-state index in [0.29, 0.717) is 17.4 Å². The molecule has 1 aromatic carbocycles. The van der Waals surface area contributed by atoms with Crippen molar-refractivity contribution in [1.29, 1.82) is 0 Å². The van der Waals surface area contributed by atoms with E-state index in [9.17, 15) is 19.8 Å². The molecular formula is C10H8O5. The number of phenols is 2. The van der Waals surface area contributed by atoms with Crippen molar-refractivity contribution in [1.82, 2.24) is 0 Å². The first-order valence-corrected chi connectivity index (χ1v) is 4.27. The predicted octanol–water partition coefficient (Wildman–Crippen LogP) is 0.889. The van der Waals surface area contributed by atoms with Crippen LogP contribution in [-0.2, 0) is 11.3 Å². The minimum absolute atomic E-state index is 0.0141. The lowest BCUT2D eigenvalue weighted by Crippen LogP contribution is -1.99. The number of esters is 1. The second-order valence-electron chi connectivity index (χ2n) is 3.28. The predicted molar refractivity (Wildman–Crippen MR) is 49.0 cm³/mol. The van der Waals surface area contributed by atoms with Crippen LogP contribution in [-0.4, -0.2) is 22.5 Å². The zero-order chi connectivity index (χ0) is 11.2. The molecule has 0 amide bonds. The molecule has 1 aliphatic rings. The van der Waals surface area contributed by atoms with E-state index in [2.05, 4.69) is 0 Å². The van der Waals surface area contributed by atoms with Crippen LogP contribution in [0.25, 0.3) is 0 Å². The third-order valence-electron chi connectivity index (χ3n) is 2.53. The Labute approximate surface area is 84.9 Å². The van der Waals surface area contributed by atoms with E-state index in [1.54, 1.807) is 6.92 Å². The van der Waals surface area contributed by atoms with Crippen molar-refractivity contribution in [3.8, 4) is 11.5 Å². The van der Waals surface area contributed by atoms with Gasteiger partial charge in [0.1, 0.15) is 23.7 Å². The number of cyclic esters (lactones) is 1. The molecule has 5 nitrogen and oxygen atoms in total. The van der Waals surface area contributed by atoms with Gasteiger partial charge in [-0.05, 0) is 12.5 Å². The summed E-state index contributed by atoms with van der Waals surface area (Å²) in [6, 6.07) is 0. The Morgan fingerprint density at radius 3 is 2.60 bits per heavy atom. The van der Waals surface area contributed by atoms with Crippen LogP contribution in [0.4, 0.5) is 0 Å². The molecule has 1 heterocycles. The molecule has 0 aromatic heterocycles. The van der Waals surface area contributed by atoms with Gasteiger partial charge in [0.05, 0.1) is 5.56 Å². The zero-order valence-corrected chi connectivity index (χ0v) is 7.90. The maximum atomic E-state index is 11.2. The monoisotopic (exact) mass is 208 g/mol. The van der Waals surface area contributed by atoms with E-state index in [4.69, 9.17) is 4.74 Å². The summed E-state index contributed by atoms with van der Waals surface area (Å²) < 4.78 is 4.71. The fraction of sp³-hybridized carbons (Fsp3) is 0.200. The second kappa shape index (κ2) is 2.98. The first-order valence-electron chi connectivity index (χ1n) is 4.27. The summed E-state index contributed by atoms with van der Waals surface area (Å²) in [6.07, 6.45) is 0.309. The maximum Gasteiger partial charge on any atom is 0.342 e. The molecule has 2 N–H and O–H groups in total. The van der Waals surface area contributed by atoms with Gasteiger partial charge in [0.15, 0.2) is 6.29 Å². The Balaban J connectivity index is 2.86. The van der Waals surface area contributed by atoms with E-state index in [-0.39, 0.29) is 23.5 Å². The molecule has 0 fully saturated rings. The highest BCUT2D eigenvalue weighted by atomic mass is 16.5. The zero-order valence-electron chi connectivity index (χ0n) is 7.90. The normalized spacial score (nSPS) is 13.5. The number of phenolic OH excluding ortho intramolecular Hbond substituents is 2. The molecule has 78 valence electrons. The van der Waals surface area contributed by atoms with Crippen molar-refractivity contribution < 1.29 is 24.5 Å². The average Bonchev–Trinajstić information content (AvgIpc) is 2.58. The molecule has 0 spiro atoms. The van der Waals surface area contributed by atoms with Crippen LogP contribution in [0.2, 0.25) is 0 Å². The largest absolute Gasteiger partial charge is 0.507 e. The highest BCUT2D eigenvalue weighted by Gasteiger charge is 2.31. The Morgan fingerprint density at radius 2 is 2.00 bits per heavy atom. The first kappa shape index (κ1) is 9.51. The Hall–Kier alpha value is -2.04. The lowest BCUT2D eigenvalue weighted by Gasteiger charge is -2.08. The number of ether oxygens (including phenoxy) is 1. The lowest BCUT2D eigenvalue weighted by molar-refractivity contribution is 0.0533. The van der Waals surface area contributed by atoms with E-state index in [1.807, 2.05) is 0 Å². The van der Waals surface area contributed by atoms with Crippen molar-refractivity contribution in [2.45, 2.75) is 13.5 Å². The number of benzene rings is 1. The Bertz CT molecular complexity index is 475. The number of carbonyl (C=O) groups is 2. The van der Waals surface area contributed by atoms with Crippen LogP contribution in [0.5, 0.6) is 11.5 Å². The first-order chi connectivity index (χ1) is 7.07. The molecule has 2 rings (SSSR count). The topological polar surface area (TPSA) is 83.8 Å². The SMILES string of the molecule is Cc1c(O)c(C=O)c(O)c2c1COC2=O. The minimum Gasteiger partial charge on any atom is -0.507 e. The number of hydrogen-bond acceptors (Lipinski definition) is 5. The van der Waals surface area contributed by atoms with Gasteiger partial charge in [-0.1, -0.05) is 0 Å². The number of aromatic hydroxyl groups is 2. The molecule has 0 atom stereocenters. The van der Waals surface area contributed by atoms with Gasteiger partial charge in [-0.25, -0.2) is 4.79 Å². The van der Waals surface area contributed by atoms with Crippen molar-refractivity contribution in [2.75, 3.05) is 0 Å². The van der Waals surface area contributed by atoms with Gasteiger partial charge >= 0.3 is 5.97 Å². The molecule has 0 aliphatic carbocycles. The van der Waals surface area contributed by atoms with E-state index in [0.717, 1.165) is 0 Å². The van der Waals surface area contributed by atoms with E-state index in [1.165, 1.54) is 0 Å². The van der Waals surface area contributed by atoms with Gasteiger partial charge in [-0.2, -0.15) is 0 Å². The minimum atomic E-state index is -0.672. The van der Waals surface area contributed by atoms with E-state index >= 15 is 0 Å². The number of hydrogen-bond donors (Lipinski definition) is 2. The molecular weight excluding hydrogens is 200 g/mol. The van der Waals surface area contributed by atoms with Crippen LogP contribution in [0.15, 0.2) is 0 Å². The Kier molecular flexibility index (Phi) is 1.89. The molecule has 1 aromatic rings. The molecule has 15 heavy (non-hydrogen) atoms. The summed E-state index contributed by atoms with van der Waals surface area (Å²) in [6.45, 7) is 1.57. The van der Waals surface area contributed by atoms with Crippen molar-refractivity contribution in [3.63, 3.8) is 0 Å². The van der Waals surface area contributed by atoms with E-state index < -0.39 is 11.7 Å². The lowest BCUT2D eigenvalue weighted by atomic mass is 9.98. The number of rotatable bonds is 1. The standard InChI is InChI=1S/C10H8O5/c1-4-6-3-15-10(14)7(6)9(13)5(2-11)8(4)12/h2,12-13H,3H2,1H3. The van der Waals surface area contributed by atoms with Gasteiger partial charge in [0, 0.05) is 5.56 Å². The molecule has 5 heteroatoms. The van der Waals surface area contributed by atoms with Crippen molar-refractivity contribution >= 4 is 12.3 Å². The van der Waals surface area contributed by atoms with Gasteiger partial charge in [0.2, 0.25) is 0 Å². The molecule has 0 radical (unpaired) electrons. The second-order valence-corrected chi connectivity index (χ2v) is 3.28. The van der Waals surface area contributed by atoms with Crippen LogP contribution >= 0.6 is 0 Å². The summed E-state index contributed by atoms with van der Waals surface area (Å²) in [7, 11) is 0. The maximum absolute atomic E-state index is 11.2. The van der Waals surface area contributed by atoms with Crippen LogP contribution in [0, 0.1) is 6.92 Å². The third-order valence-corrected chi connectivity index (χ3v) is 2.53. The third kappa shape index (κ3) is 1.09. The molecule has 0 saturated carbocycles. The van der Waals surface area contributed by atoms with Gasteiger partial charge < -0.3 is 14.9 Å². The van der Waals surface area contributed by atoms with Crippen molar-refractivity contribution in [2.24, 2.45) is 0 Å². The molecule has 0 unspecified atom stereocenters. The molecule has 1 aliphatic heterocycles. The van der Waals surface area contributed by atoms with Gasteiger partial charge in [0.25, 0.3) is 0 Å². The summed E-state index contributed by atoms with van der Waals surface area (Å²) in [5.74, 6) is -1.49. The van der Waals surface area contributed by atoms with Gasteiger partial charge in [-0.3, -0.25) is 4.79 Å². The summed E-state index contributed by atoms with van der Waals surface area (Å²) in [5, 5.41) is 19.2. The van der Waals surface area contributed by atoms with Crippen molar-refractivity contribution in [3.05, 3.63) is 22.3 Å². The summed E-state index contributed by atoms with van der Waals surface area (Å²) in [4.78, 5) is 21.9. The number of aldehydes is 1. The van der Waals surface area contributed by atoms with Crippen LogP contribution in [0.3, 0.4) is 0 Å². The Morgan fingerprint density at radius 1 is 1.33 bits per heavy atom. The number of fused-ring (bicyclic) bond motifs is 1. The van der Waals surface area contributed by atoms with Crippen LogP contribution in [0.1, 0.15) is 31.8 Å². The average molecular weight is 208 g/mol. The number of carbonyl (C=O) groups excluding carboxylic acids is 2. The highest BCUT2D eigenvalue weighted by molar-refractivity contribution is 6.01. The highest BCUT2D eigenvalue weighted by Crippen LogP contribution is 2.39. The molecule has 0 saturated heterocycles. The van der Waals surface area contributed by atoms with Gasteiger partial charge in [-0.15, -0.1) is 0 Å². The summed E-state index contributed by atoms with van der Waals surface area (Å²) in [5.41, 5.74) is 0.522. The fourth-order valence-corrected chi connectivity index (χ4v) is 1.64. The smallest absolute Gasteiger partial charge is 0.342 e. The summed E-state index contributed by atoms with van der Waals surface area (Å²) >= 11 is 0. The quantitative estimate of drug-likeness (QED) is 0.529. The van der Waals surface area contributed by atoms with Crippen LogP contribution < -0.4 is 0 Å². The molecule has 0 bridgehead atoms.